The molecule has 0 saturated heterocycles. The highest BCUT2D eigenvalue weighted by atomic mass is 19.1. The van der Waals surface area contributed by atoms with Gasteiger partial charge in [-0.2, -0.15) is 5.26 Å². The predicted octanol–water partition coefficient (Wildman–Crippen LogP) is 3.05. The molecule has 0 heterocycles. The summed E-state index contributed by atoms with van der Waals surface area (Å²) in [7, 11) is 0. The largest absolute Gasteiger partial charge is 0.394 e. The Balaban J connectivity index is 2.21. The van der Waals surface area contributed by atoms with Crippen LogP contribution in [-0.4, -0.2) is 17.3 Å². The van der Waals surface area contributed by atoms with Crippen molar-refractivity contribution in [2.75, 3.05) is 11.9 Å². The summed E-state index contributed by atoms with van der Waals surface area (Å²) in [6.45, 7) is 2.15. The highest BCUT2D eigenvalue weighted by Gasteiger charge is 2.34. The molecule has 19 heavy (non-hydrogen) atoms. The first-order chi connectivity index (χ1) is 9.08. The first-order valence-corrected chi connectivity index (χ1v) is 6.67. The van der Waals surface area contributed by atoms with E-state index >= 15 is 0 Å². The second-order valence-electron chi connectivity index (χ2n) is 5.57. The fourth-order valence-electron chi connectivity index (χ4n) is 2.93. The zero-order valence-electron chi connectivity index (χ0n) is 11.1. The van der Waals surface area contributed by atoms with Crippen molar-refractivity contribution >= 4 is 5.69 Å². The van der Waals surface area contributed by atoms with Crippen molar-refractivity contribution < 1.29 is 9.50 Å². The summed E-state index contributed by atoms with van der Waals surface area (Å²) in [4.78, 5) is 0. The summed E-state index contributed by atoms with van der Waals surface area (Å²) in [6.07, 6.45) is 3.86. The molecule has 0 radical (unpaired) electrons. The third-order valence-electron chi connectivity index (χ3n) is 3.89. The summed E-state index contributed by atoms with van der Waals surface area (Å²) in [6, 6.07) is 6.29. The Labute approximate surface area is 113 Å². The highest BCUT2D eigenvalue weighted by Crippen LogP contribution is 2.35. The van der Waals surface area contributed by atoms with E-state index in [-0.39, 0.29) is 6.61 Å². The lowest BCUT2D eigenvalue weighted by Crippen LogP contribution is -2.46. The molecule has 1 aliphatic rings. The normalized spacial score (nSPS) is 26.7. The Bertz CT molecular complexity index is 497. The minimum Gasteiger partial charge on any atom is -0.394 e. The number of anilines is 1. The Morgan fingerprint density at radius 2 is 2.37 bits per heavy atom. The summed E-state index contributed by atoms with van der Waals surface area (Å²) in [5.41, 5.74) is 0.229. The number of rotatable bonds is 3. The highest BCUT2D eigenvalue weighted by molar-refractivity contribution is 5.50. The van der Waals surface area contributed by atoms with Gasteiger partial charge in [0.15, 0.2) is 0 Å². The lowest BCUT2D eigenvalue weighted by atomic mass is 9.76. The molecular weight excluding hydrogens is 243 g/mol. The van der Waals surface area contributed by atoms with Crippen molar-refractivity contribution in [2.45, 2.75) is 38.1 Å². The number of nitrogens with one attached hydrogen (secondary N) is 1. The number of benzene rings is 1. The fraction of sp³-hybridized carbons (Fsp3) is 0.533. The summed E-state index contributed by atoms with van der Waals surface area (Å²) < 4.78 is 13.9. The van der Waals surface area contributed by atoms with Crippen LogP contribution < -0.4 is 5.32 Å². The van der Waals surface area contributed by atoms with E-state index in [2.05, 4.69) is 12.2 Å². The van der Waals surface area contributed by atoms with Gasteiger partial charge in [0, 0.05) is 0 Å². The number of nitrogens with zero attached hydrogens (tertiary/aromatic N) is 1. The molecule has 1 aliphatic carbocycles. The first kappa shape index (κ1) is 13.8. The van der Waals surface area contributed by atoms with E-state index in [0.29, 0.717) is 17.2 Å². The van der Waals surface area contributed by atoms with Crippen molar-refractivity contribution in [2.24, 2.45) is 5.92 Å². The number of aliphatic hydroxyl groups is 1. The van der Waals surface area contributed by atoms with Crippen LogP contribution in [0.5, 0.6) is 0 Å². The predicted molar refractivity (Wildman–Crippen MR) is 72.2 cm³/mol. The van der Waals surface area contributed by atoms with Crippen LogP contribution in [0.25, 0.3) is 0 Å². The second kappa shape index (κ2) is 5.58. The molecule has 0 aliphatic heterocycles. The molecule has 1 saturated carbocycles. The maximum atomic E-state index is 13.9. The molecule has 0 spiro atoms. The summed E-state index contributed by atoms with van der Waals surface area (Å²) in [5.74, 6) is 0.0833. The van der Waals surface area contributed by atoms with Gasteiger partial charge in [-0.05, 0) is 37.0 Å². The van der Waals surface area contributed by atoms with Crippen LogP contribution >= 0.6 is 0 Å². The molecule has 4 heteroatoms. The SMILES string of the molecule is CC1CCCC(CO)(Nc2ccc(C#N)cc2F)C1. The van der Waals surface area contributed by atoms with Crippen LogP contribution in [0.2, 0.25) is 0 Å². The first-order valence-electron chi connectivity index (χ1n) is 6.67. The van der Waals surface area contributed by atoms with Crippen molar-refractivity contribution in [1.82, 2.24) is 0 Å². The Hall–Kier alpha value is -1.60. The quantitative estimate of drug-likeness (QED) is 0.880. The van der Waals surface area contributed by atoms with Crippen molar-refractivity contribution in [3.8, 4) is 6.07 Å². The molecular formula is C15H19FN2O. The number of hydrogen-bond acceptors (Lipinski definition) is 3. The molecule has 1 aromatic rings. The smallest absolute Gasteiger partial charge is 0.147 e. The average Bonchev–Trinajstić information content (AvgIpc) is 2.41. The fourth-order valence-corrected chi connectivity index (χ4v) is 2.93. The van der Waals surface area contributed by atoms with E-state index in [1.807, 2.05) is 6.07 Å². The summed E-state index contributed by atoms with van der Waals surface area (Å²) in [5, 5.41) is 21.6. The van der Waals surface area contributed by atoms with Gasteiger partial charge in [-0.3, -0.25) is 0 Å². The monoisotopic (exact) mass is 262 g/mol. The van der Waals surface area contributed by atoms with Gasteiger partial charge in [0.05, 0.1) is 29.5 Å². The van der Waals surface area contributed by atoms with E-state index < -0.39 is 11.4 Å². The van der Waals surface area contributed by atoms with Crippen molar-refractivity contribution in [1.29, 1.82) is 5.26 Å². The van der Waals surface area contributed by atoms with Gasteiger partial charge in [-0.1, -0.05) is 19.8 Å². The molecule has 0 amide bonds. The van der Waals surface area contributed by atoms with Crippen LogP contribution in [0.3, 0.4) is 0 Å². The van der Waals surface area contributed by atoms with Crippen LogP contribution in [0, 0.1) is 23.1 Å². The standard InChI is InChI=1S/C15H19FN2O/c1-11-3-2-6-15(8-11,10-19)18-14-5-4-12(9-17)7-13(14)16/h4-5,7,11,18-19H,2-3,6,8,10H2,1H3. The zero-order valence-corrected chi connectivity index (χ0v) is 11.1. The Kier molecular flexibility index (Phi) is 4.06. The van der Waals surface area contributed by atoms with Crippen molar-refractivity contribution in [3.05, 3.63) is 29.6 Å². The molecule has 102 valence electrons. The lowest BCUT2D eigenvalue weighted by molar-refractivity contribution is 0.149. The molecule has 0 bridgehead atoms. The molecule has 3 nitrogen and oxygen atoms in total. The third-order valence-corrected chi connectivity index (χ3v) is 3.89. The molecule has 2 rings (SSSR count). The third kappa shape index (κ3) is 3.05. The van der Waals surface area contributed by atoms with Gasteiger partial charge >= 0.3 is 0 Å². The van der Waals surface area contributed by atoms with Gasteiger partial charge in [-0.25, -0.2) is 4.39 Å². The summed E-state index contributed by atoms with van der Waals surface area (Å²) >= 11 is 0. The van der Waals surface area contributed by atoms with E-state index in [1.54, 1.807) is 12.1 Å². The number of aliphatic hydroxyl groups excluding tert-OH is 1. The Morgan fingerprint density at radius 1 is 1.58 bits per heavy atom. The van der Waals surface area contributed by atoms with Crippen LogP contribution in [0.4, 0.5) is 10.1 Å². The Morgan fingerprint density at radius 3 is 2.95 bits per heavy atom. The topological polar surface area (TPSA) is 56.0 Å². The zero-order chi connectivity index (χ0) is 13.9. The molecule has 2 atom stereocenters. The van der Waals surface area contributed by atoms with Crippen LogP contribution in [0.1, 0.15) is 38.2 Å². The van der Waals surface area contributed by atoms with E-state index in [4.69, 9.17) is 5.26 Å². The minimum absolute atomic E-state index is 0.00319. The lowest BCUT2D eigenvalue weighted by Gasteiger charge is -2.40. The van der Waals surface area contributed by atoms with Gasteiger partial charge in [0.1, 0.15) is 5.82 Å². The second-order valence-corrected chi connectivity index (χ2v) is 5.57. The van der Waals surface area contributed by atoms with Crippen molar-refractivity contribution in [3.63, 3.8) is 0 Å². The molecule has 0 aromatic heterocycles. The molecule has 2 unspecified atom stereocenters. The van der Waals surface area contributed by atoms with E-state index in [9.17, 15) is 9.50 Å². The maximum Gasteiger partial charge on any atom is 0.147 e. The van der Waals surface area contributed by atoms with E-state index in [0.717, 1.165) is 25.7 Å². The van der Waals surface area contributed by atoms with Crippen LogP contribution in [0.15, 0.2) is 18.2 Å². The molecule has 1 aromatic carbocycles. The number of hydrogen-bond donors (Lipinski definition) is 2. The molecule has 2 N–H and O–H groups in total. The van der Waals surface area contributed by atoms with E-state index in [1.165, 1.54) is 6.07 Å². The number of halogens is 1. The minimum atomic E-state index is -0.440. The van der Waals surface area contributed by atoms with Gasteiger partial charge < -0.3 is 10.4 Å². The van der Waals surface area contributed by atoms with Crippen LogP contribution in [-0.2, 0) is 0 Å². The molecule has 1 fully saturated rings. The maximum absolute atomic E-state index is 13.9. The van der Waals surface area contributed by atoms with Gasteiger partial charge in [0.25, 0.3) is 0 Å². The number of nitriles is 1. The average molecular weight is 262 g/mol. The van der Waals surface area contributed by atoms with Gasteiger partial charge in [0.2, 0.25) is 0 Å². The van der Waals surface area contributed by atoms with Gasteiger partial charge in [-0.15, -0.1) is 0 Å².